The summed E-state index contributed by atoms with van der Waals surface area (Å²) in [7, 11) is 0. The summed E-state index contributed by atoms with van der Waals surface area (Å²) in [6.07, 6.45) is 2.64. The van der Waals surface area contributed by atoms with E-state index >= 15 is 0 Å². The molecule has 2 saturated heterocycles. The van der Waals surface area contributed by atoms with Crippen LogP contribution in [0.5, 0.6) is 0 Å². The lowest BCUT2D eigenvalue weighted by Crippen LogP contribution is -2.73. The van der Waals surface area contributed by atoms with Crippen LogP contribution in [0.25, 0.3) is 10.8 Å². The Morgan fingerprint density at radius 3 is 2.43 bits per heavy atom. The van der Waals surface area contributed by atoms with Crippen molar-refractivity contribution in [3.63, 3.8) is 0 Å². The van der Waals surface area contributed by atoms with Crippen LogP contribution < -0.4 is 5.32 Å². The van der Waals surface area contributed by atoms with Gasteiger partial charge in [-0.25, -0.2) is 0 Å². The summed E-state index contributed by atoms with van der Waals surface area (Å²) in [5.41, 5.74) is 1.54. The number of hydrogen-bond acceptors (Lipinski definition) is 3. The number of nitrogens with one attached hydrogen (secondary N) is 1. The topological polar surface area (TPSA) is 52.7 Å². The Balaban J connectivity index is 1.33. The largest absolute Gasteiger partial charge is 0.342 e. The molecule has 2 heterocycles. The molecule has 0 aliphatic carbocycles. The zero-order valence-corrected chi connectivity index (χ0v) is 20.9. The van der Waals surface area contributed by atoms with Gasteiger partial charge in [-0.3, -0.25) is 14.5 Å². The third kappa shape index (κ3) is 4.67. The van der Waals surface area contributed by atoms with Gasteiger partial charge in [-0.15, -0.1) is 0 Å². The molecule has 2 aliphatic rings. The fourth-order valence-corrected chi connectivity index (χ4v) is 5.80. The van der Waals surface area contributed by atoms with Gasteiger partial charge in [-0.2, -0.15) is 0 Å². The Labute approximate surface area is 212 Å². The van der Waals surface area contributed by atoms with Crippen molar-refractivity contribution in [1.29, 1.82) is 0 Å². The third-order valence-electron chi connectivity index (χ3n) is 7.56. The monoisotopic (exact) mass is 489 g/mol. The van der Waals surface area contributed by atoms with Crippen LogP contribution in [0.4, 0.5) is 0 Å². The normalized spacial score (nSPS) is 20.4. The Kier molecular flexibility index (Phi) is 6.81. The minimum Gasteiger partial charge on any atom is -0.342 e. The second-order valence-electron chi connectivity index (χ2n) is 9.79. The second kappa shape index (κ2) is 10.00. The summed E-state index contributed by atoms with van der Waals surface area (Å²) in [5, 5.41) is 6.15. The molecular formula is C29H32ClN3O2. The van der Waals surface area contributed by atoms with Crippen LogP contribution in [0.1, 0.15) is 37.3 Å². The molecule has 0 radical (unpaired) electrons. The molecule has 1 atom stereocenters. The lowest BCUT2D eigenvalue weighted by molar-refractivity contribution is -0.161. The number of benzene rings is 3. The number of hydrogen-bond donors (Lipinski definition) is 1. The summed E-state index contributed by atoms with van der Waals surface area (Å²) >= 11 is 6.02. The molecule has 0 unspecified atom stereocenters. The van der Waals surface area contributed by atoms with E-state index < -0.39 is 11.6 Å². The fraction of sp³-hybridized carbons (Fsp3) is 0.379. The molecule has 2 fully saturated rings. The maximum absolute atomic E-state index is 13.8. The minimum atomic E-state index is -0.751. The van der Waals surface area contributed by atoms with Crippen LogP contribution in [0.15, 0.2) is 66.7 Å². The van der Waals surface area contributed by atoms with Crippen molar-refractivity contribution in [2.75, 3.05) is 19.6 Å². The first-order valence-electron chi connectivity index (χ1n) is 12.6. The van der Waals surface area contributed by atoms with E-state index in [1.54, 1.807) is 0 Å². The van der Waals surface area contributed by atoms with Crippen molar-refractivity contribution in [3.05, 3.63) is 82.9 Å². The zero-order chi connectivity index (χ0) is 24.4. The molecule has 2 amide bonds. The number of amides is 2. The minimum absolute atomic E-state index is 0.00179. The number of carbonyl (C=O) groups excluding carboxylic acids is 2. The lowest BCUT2D eigenvalue weighted by atomic mass is 9.80. The first-order valence-corrected chi connectivity index (χ1v) is 12.9. The van der Waals surface area contributed by atoms with Gasteiger partial charge in [0, 0.05) is 37.6 Å². The first kappa shape index (κ1) is 23.8. The van der Waals surface area contributed by atoms with Crippen LogP contribution in [0.3, 0.4) is 0 Å². The SMILES string of the molecule is CCCN1C(=O)[C@@H](Cc2cccc3ccccc23)NC(=O)C12CCN(Cc1ccc(Cl)cc1)CC2. The highest BCUT2D eigenvalue weighted by Gasteiger charge is 2.53. The number of piperazine rings is 1. The summed E-state index contributed by atoms with van der Waals surface area (Å²) < 4.78 is 0. The molecule has 5 nitrogen and oxygen atoms in total. The molecule has 0 aromatic heterocycles. The van der Waals surface area contributed by atoms with Crippen LogP contribution >= 0.6 is 11.6 Å². The third-order valence-corrected chi connectivity index (χ3v) is 7.81. The highest BCUT2D eigenvalue weighted by molar-refractivity contribution is 6.30. The summed E-state index contributed by atoms with van der Waals surface area (Å²) in [4.78, 5) is 31.7. The maximum Gasteiger partial charge on any atom is 0.246 e. The number of fused-ring (bicyclic) bond motifs is 1. The number of piperidine rings is 1. The van der Waals surface area contributed by atoms with E-state index in [2.05, 4.69) is 41.4 Å². The molecule has 6 heteroatoms. The van der Waals surface area contributed by atoms with Crippen molar-refractivity contribution in [2.45, 2.75) is 50.7 Å². The van der Waals surface area contributed by atoms with E-state index in [-0.39, 0.29) is 11.8 Å². The molecule has 1 spiro atoms. The molecule has 3 aromatic carbocycles. The van der Waals surface area contributed by atoms with Gasteiger partial charge in [-0.05, 0) is 53.3 Å². The van der Waals surface area contributed by atoms with Crippen molar-refractivity contribution in [2.24, 2.45) is 0 Å². The fourth-order valence-electron chi connectivity index (χ4n) is 5.68. The van der Waals surface area contributed by atoms with E-state index in [0.717, 1.165) is 47.4 Å². The maximum atomic E-state index is 13.8. The van der Waals surface area contributed by atoms with Crippen molar-refractivity contribution in [1.82, 2.24) is 15.1 Å². The van der Waals surface area contributed by atoms with Gasteiger partial charge in [0.05, 0.1) is 0 Å². The molecule has 0 bridgehead atoms. The second-order valence-corrected chi connectivity index (χ2v) is 10.2. The van der Waals surface area contributed by atoms with Crippen LogP contribution in [-0.2, 0) is 22.6 Å². The molecule has 5 rings (SSSR count). The number of halogens is 1. The predicted octanol–water partition coefficient (Wildman–Crippen LogP) is 4.81. The highest BCUT2D eigenvalue weighted by atomic mass is 35.5. The van der Waals surface area contributed by atoms with Gasteiger partial charge >= 0.3 is 0 Å². The van der Waals surface area contributed by atoms with Crippen LogP contribution in [0.2, 0.25) is 5.02 Å². The first-order chi connectivity index (χ1) is 17.0. The van der Waals surface area contributed by atoms with Gasteiger partial charge in [-0.1, -0.05) is 73.1 Å². The predicted molar refractivity (Wildman–Crippen MR) is 140 cm³/mol. The van der Waals surface area contributed by atoms with E-state index in [0.29, 0.717) is 25.8 Å². The smallest absolute Gasteiger partial charge is 0.246 e. The Hall–Kier alpha value is -2.89. The summed E-state index contributed by atoms with van der Waals surface area (Å²) in [5.74, 6) is 0.0486. The molecule has 1 N–H and O–H groups in total. The Bertz CT molecular complexity index is 1210. The standard InChI is InChI=1S/C29H32ClN3O2/c1-2-16-33-27(34)26(19-23-8-5-7-22-6-3-4-9-25(22)23)31-28(35)29(33)14-17-32(18-15-29)20-21-10-12-24(30)13-11-21/h3-13,26H,2,14-20H2,1H3,(H,31,35)/t26-/m1/s1. The van der Waals surface area contributed by atoms with Crippen LogP contribution in [0, 0.1) is 0 Å². The van der Waals surface area contributed by atoms with E-state index in [9.17, 15) is 9.59 Å². The highest BCUT2D eigenvalue weighted by Crippen LogP contribution is 2.34. The van der Waals surface area contributed by atoms with Crippen molar-refractivity contribution < 1.29 is 9.59 Å². The summed E-state index contributed by atoms with van der Waals surface area (Å²) in [6, 6.07) is 21.7. The van der Waals surface area contributed by atoms with E-state index in [1.807, 2.05) is 47.4 Å². The Morgan fingerprint density at radius 1 is 0.971 bits per heavy atom. The number of rotatable bonds is 6. The number of carbonyl (C=O) groups is 2. The van der Waals surface area contributed by atoms with Gasteiger partial charge in [0.15, 0.2) is 0 Å². The quantitative estimate of drug-likeness (QED) is 0.540. The zero-order valence-electron chi connectivity index (χ0n) is 20.2. The van der Waals surface area contributed by atoms with Crippen LogP contribution in [-0.4, -0.2) is 52.8 Å². The van der Waals surface area contributed by atoms with E-state index in [4.69, 9.17) is 11.6 Å². The molecule has 35 heavy (non-hydrogen) atoms. The van der Waals surface area contributed by atoms with Crippen molar-refractivity contribution >= 4 is 34.2 Å². The van der Waals surface area contributed by atoms with Gasteiger partial charge in [0.25, 0.3) is 0 Å². The average Bonchev–Trinajstić information content (AvgIpc) is 2.88. The van der Waals surface area contributed by atoms with E-state index in [1.165, 1.54) is 5.56 Å². The lowest BCUT2D eigenvalue weighted by Gasteiger charge is -2.51. The van der Waals surface area contributed by atoms with Gasteiger partial charge in [0.2, 0.25) is 11.8 Å². The number of likely N-dealkylation sites (tertiary alicyclic amines) is 1. The molecule has 182 valence electrons. The molecule has 3 aromatic rings. The van der Waals surface area contributed by atoms with Gasteiger partial charge in [0.1, 0.15) is 11.6 Å². The summed E-state index contributed by atoms with van der Waals surface area (Å²) in [6.45, 7) is 5.05. The molecule has 2 aliphatic heterocycles. The molecule has 0 saturated carbocycles. The van der Waals surface area contributed by atoms with Gasteiger partial charge < -0.3 is 10.2 Å². The van der Waals surface area contributed by atoms with Crippen molar-refractivity contribution in [3.8, 4) is 0 Å². The Morgan fingerprint density at radius 2 is 1.69 bits per heavy atom. The molecular weight excluding hydrogens is 458 g/mol. The number of nitrogens with zero attached hydrogens (tertiary/aromatic N) is 2. The average molecular weight is 490 g/mol.